The first kappa shape index (κ1) is 52.0. The molecule has 0 N–H and O–H groups in total. The van der Waals surface area contributed by atoms with Gasteiger partial charge in [0.05, 0.1) is 45.4 Å². The van der Waals surface area contributed by atoms with Gasteiger partial charge in [-0.3, -0.25) is 18.8 Å². The Morgan fingerprint density at radius 3 is 1.30 bits per heavy atom. The molecule has 10 nitrogen and oxygen atoms in total. The van der Waals surface area contributed by atoms with Gasteiger partial charge in [-0.2, -0.15) is 0 Å². The molecular formula is C80H50N10. The number of hydrogen-bond donors (Lipinski definition) is 0. The van der Waals surface area contributed by atoms with Gasteiger partial charge in [0.2, 0.25) is 0 Å². The van der Waals surface area contributed by atoms with Crippen molar-refractivity contribution < 1.29 is 0 Å². The van der Waals surface area contributed by atoms with E-state index in [1.165, 1.54) is 0 Å². The van der Waals surface area contributed by atoms with Crippen molar-refractivity contribution in [1.29, 1.82) is 0 Å². The highest BCUT2D eigenvalue weighted by molar-refractivity contribution is 6.00. The average molecular weight is 1150 g/mol. The molecule has 0 atom stereocenters. The zero-order chi connectivity index (χ0) is 59.5. The van der Waals surface area contributed by atoms with Crippen molar-refractivity contribution in [3.05, 3.63) is 304 Å². The van der Waals surface area contributed by atoms with Crippen LogP contribution in [-0.2, 0) is 0 Å². The van der Waals surface area contributed by atoms with E-state index in [-0.39, 0.29) is 0 Å². The van der Waals surface area contributed by atoms with Crippen molar-refractivity contribution in [2.75, 3.05) is 0 Å². The fourth-order valence-electron chi connectivity index (χ4n) is 12.5. The number of rotatable bonds is 11. The molecular weight excluding hydrogens is 1100 g/mol. The van der Waals surface area contributed by atoms with Gasteiger partial charge in [-0.1, -0.05) is 224 Å². The SMILES string of the molecule is c1ccc(-c2cc(-c3ccc(-c4ccc(-c5c(-c6ccccn6)nc6c7ccccc7ccn56)cc4)cc3)nc(-c3ccccc3-c3cccc(-c4nc(-c5ccc(-c6c(-c7ccccn7)nc7c8ccccc8ccn67)cc5)c5ccccc5n4)c3)n2)cc1. The number of imidazole rings is 2. The van der Waals surface area contributed by atoms with E-state index < -0.39 is 0 Å². The zero-order valence-electron chi connectivity index (χ0n) is 48.3. The molecule has 9 aromatic carbocycles. The van der Waals surface area contributed by atoms with Gasteiger partial charge in [-0.15, -0.1) is 0 Å². The molecule has 420 valence electrons. The van der Waals surface area contributed by atoms with Gasteiger partial charge >= 0.3 is 0 Å². The second kappa shape index (κ2) is 21.8. The molecule has 90 heavy (non-hydrogen) atoms. The lowest BCUT2D eigenvalue weighted by Gasteiger charge is -2.14. The monoisotopic (exact) mass is 1150 g/mol. The first-order valence-electron chi connectivity index (χ1n) is 30.0. The molecule has 0 unspecified atom stereocenters. The summed E-state index contributed by atoms with van der Waals surface area (Å²) in [6, 6.07) is 96.5. The molecule has 0 saturated heterocycles. The van der Waals surface area contributed by atoms with Crippen molar-refractivity contribution in [2.45, 2.75) is 0 Å². The molecule has 0 aliphatic rings. The normalized spacial score (nSPS) is 11.6. The van der Waals surface area contributed by atoms with Gasteiger partial charge in [0.15, 0.2) is 11.6 Å². The van der Waals surface area contributed by atoms with Crippen LogP contribution in [-0.4, -0.2) is 48.7 Å². The third-order valence-electron chi connectivity index (χ3n) is 16.9. The maximum absolute atomic E-state index is 5.39. The van der Waals surface area contributed by atoms with Gasteiger partial charge in [-0.05, 0) is 87.6 Å². The zero-order valence-corrected chi connectivity index (χ0v) is 48.3. The molecule has 8 aromatic heterocycles. The van der Waals surface area contributed by atoms with Crippen LogP contribution in [0.1, 0.15) is 0 Å². The second-order valence-corrected chi connectivity index (χ2v) is 22.3. The Labute approximate surface area is 517 Å². The number of benzene rings is 9. The van der Waals surface area contributed by atoms with Crippen molar-refractivity contribution in [3.63, 3.8) is 0 Å². The van der Waals surface area contributed by atoms with Crippen molar-refractivity contribution in [1.82, 2.24) is 48.7 Å². The van der Waals surface area contributed by atoms with Crippen LogP contribution in [0.4, 0.5) is 0 Å². The molecule has 17 rings (SSSR count). The summed E-state index contributed by atoms with van der Waals surface area (Å²) in [7, 11) is 0. The van der Waals surface area contributed by atoms with Crippen molar-refractivity contribution in [2.24, 2.45) is 0 Å². The maximum Gasteiger partial charge on any atom is 0.161 e. The number of hydrogen-bond acceptors (Lipinski definition) is 8. The van der Waals surface area contributed by atoms with Crippen LogP contribution in [0.5, 0.6) is 0 Å². The molecule has 0 radical (unpaired) electrons. The van der Waals surface area contributed by atoms with E-state index in [0.29, 0.717) is 11.6 Å². The largest absolute Gasteiger partial charge is 0.298 e. The Bertz CT molecular complexity index is 5570. The Hall–Kier alpha value is -12.4. The van der Waals surface area contributed by atoms with Gasteiger partial charge in [0.1, 0.15) is 22.7 Å². The van der Waals surface area contributed by atoms with Crippen molar-refractivity contribution >= 4 is 43.7 Å². The van der Waals surface area contributed by atoms with Crippen LogP contribution in [0.3, 0.4) is 0 Å². The first-order chi connectivity index (χ1) is 44.6. The molecule has 8 heterocycles. The minimum Gasteiger partial charge on any atom is -0.298 e. The number of nitrogens with zero attached hydrogens (tertiary/aromatic N) is 10. The third kappa shape index (κ3) is 9.22. The molecule has 10 heteroatoms. The minimum atomic E-state index is 0.620. The molecule has 0 aliphatic heterocycles. The smallest absolute Gasteiger partial charge is 0.161 e. The van der Waals surface area contributed by atoms with Crippen LogP contribution >= 0.6 is 0 Å². The summed E-state index contributed by atoms with van der Waals surface area (Å²) in [5.74, 6) is 1.24. The van der Waals surface area contributed by atoms with Crippen LogP contribution in [0.25, 0.3) is 168 Å². The fourth-order valence-corrected chi connectivity index (χ4v) is 12.5. The molecule has 0 aliphatic carbocycles. The molecule has 17 aromatic rings. The number of fused-ring (bicyclic) bond motifs is 7. The summed E-state index contributed by atoms with van der Waals surface area (Å²) < 4.78 is 4.37. The standard InChI is InChI=1S/C80H50N10/c1-2-19-55(20-3-1)70-50-71(56-35-31-51(32-36-56)52-33-39-58(40-34-52)75-73(68-29-12-14-45-81-68)87-79-63-24-6-4-17-53(63)43-47-89(75)79)85-78(84-70)65-26-9-8-23-62(65)60-21-16-22-61(49-60)77-83-67-28-11-10-27-66(67)72(86-77)57-37-41-59(42-38-57)76-74(69-30-13-15-46-82-69)88-80-64-25-7-5-18-54(64)44-48-90(76)80/h1-50H. The van der Waals surface area contributed by atoms with E-state index in [1.54, 1.807) is 0 Å². The summed E-state index contributed by atoms with van der Waals surface area (Å²) in [4.78, 5) is 41.2. The highest BCUT2D eigenvalue weighted by Crippen LogP contribution is 2.41. The molecule has 0 bridgehead atoms. The lowest BCUT2D eigenvalue weighted by atomic mass is 9.96. The maximum atomic E-state index is 5.39. The summed E-state index contributed by atoms with van der Waals surface area (Å²) in [6.45, 7) is 0. The van der Waals surface area contributed by atoms with E-state index in [0.717, 1.165) is 156 Å². The summed E-state index contributed by atoms with van der Waals surface area (Å²) >= 11 is 0. The summed E-state index contributed by atoms with van der Waals surface area (Å²) in [5, 5.41) is 5.41. The Kier molecular flexibility index (Phi) is 12.6. The highest BCUT2D eigenvalue weighted by Gasteiger charge is 2.23. The Balaban J connectivity index is 0.703. The van der Waals surface area contributed by atoms with Crippen LogP contribution in [0.2, 0.25) is 0 Å². The van der Waals surface area contributed by atoms with Crippen LogP contribution in [0, 0.1) is 0 Å². The van der Waals surface area contributed by atoms with E-state index in [1.807, 2.05) is 79.1 Å². The van der Waals surface area contributed by atoms with E-state index in [9.17, 15) is 0 Å². The van der Waals surface area contributed by atoms with Crippen LogP contribution < -0.4 is 0 Å². The number of aromatic nitrogens is 10. The number of pyridine rings is 4. The predicted octanol–water partition coefficient (Wildman–Crippen LogP) is 19.1. The lowest BCUT2D eigenvalue weighted by molar-refractivity contribution is 1.18. The second-order valence-electron chi connectivity index (χ2n) is 22.3. The van der Waals surface area contributed by atoms with Gasteiger partial charge in [0, 0.05) is 79.9 Å². The molecule has 0 spiro atoms. The number of para-hydroxylation sites is 1. The lowest BCUT2D eigenvalue weighted by Crippen LogP contribution is -1.98. The minimum absolute atomic E-state index is 0.620. The topological polar surface area (TPSA) is 112 Å². The Morgan fingerprint density at radius 2 is 0.711 bits per heavy atom. The average Bonchev–Trinajstić information content (AvgIpc) is 1.78. The molecule has 0 saturated carbocycles. The predicted molar refractivity (Wildman–Crippen MR) is 363 cm³/mol. The van der Waals surface area contributed by atoms with Crippen molar-refractivity contribution in [3.8, 4) is 124 Å². The summed E-state index contributed by atoms with van der Waals surface area (Å²) in [6.07, 6.45) is 7.86. The fraction of sp³-hybridized carbons (Fsp3) is 0. The third-order valence-corrected chi connectivity index (χ3v) is 16.9. The van der Waals surface area contributed by atoms with Crippen LogP contribution in [0.15, 0.2) is 304 Å². The first-order valence-corrected chi connectivity index (χ1v) is 30.0. The van der Waals surface area contributed by atoms with E-state index in [2.05, 4.69) is 234 Å². The molecule has 0 amide bonds. The molecule has 0 fully saturated rings. The van der Waals surface area contributed by atoms with Gasteiger partial charge in [0.25, 0.3) is 0 Å². The van der Waals surface area contributed by atoms with E-state index in [4.69, 9.17) is 39.9 Å². The summed E-state index contributed by atoms with van der Waals surface area (Å²) in [5.41, 5.74) is 21.4. The quantitative estimate of drug-likeness (QED) is 0.126. The van der Waals surface area contributed by atoms with Gasteiger partial charge < -0.3 is 0 Å². The Morgan fingerprint density at radius 1 is 0.244 bits per heavy atom. The van der Waals surface area contributed by atoms with E-state index >= 15 is 0 Å². The van der Waals surface area contributed by atoms with Gasteiger partial charge in [-0.25, -0.2) is 29.9 Å². The highest BCUT2D eigenvalue weighted by atomic mass is 15.0.